The lowest BCUT2D eigenvalue weighted by atomic mass is 9.90. The molecule has 0 radical (unpaired) electrons. The monoisotopic (exact) mass is 409 g/mol. The summed E-state index contributed by atoms with van der Waals surface area (Å²) < 4.78 is 0. The molecule has 1 aliphatic carbocycles. The highest BCUT2D eigenvalue weighted by Gasteiger charge is 2.12. The second kappa shape index (κ2) is 8.07. The number of nitrogens with one attached hydrogen (secondary N) is 1. The van der Waals surface area contributed by atoms with Gasteiger partial charge in [0.1, 0.15) is 0 Å². The molecule has 3 N–H and O–H groups in total. The van der Waals surface area contributed by atoms with Crippen molar-refractivity contribution < 1.29 is 0 Å². The molecule has 0 amide bonds. The zero-order chi connectivity index (χ0) is 14.5. The van der Waals surface area contributed by atoms with Gasteiger partial charge in [-0.1, -0.05) is 12.1 Å². The van der Waals surface area contributed by atoms with E-state index in [9.17, 15) is 0 Å². The van der Waals surface area contributed by atoms with Gasteiger partial charge < -0.3 is 11.1 Å². The van der Waals surface area contributed by atoms with E-state index in [0.29, 0.717) is 12.5 Å². The van der Waals surface area contributed by atoms with Gasteiger partial charge in [-0.15, -0.1) is 24.0 Å². The highest BCUT2D eigenvalue weighted by Crippen LogP contribution is 2.27. The van der Waals surface area contributed by atoms with Crippen molar-refractivity contribution in [3.63, 3.8) is 0 Å². The topological polar surface area (TPSA) is 76.2 Å². The van der Waals surface area contributed by atoms with Crippen molar-refractivity contribution >= 4 is 35.6 Å². The van der Waals surface area contributed by atoms with E-state index in [-0.39, 0.29) is 24.0 Å². The predicted octanol–water partition coefficient (Wildman–Crippen LogP) is 2.90. The molecule has 1 heterocycles. The molecule has 0 aliphatic heterocycles. The standard InChI is InChI=1S/C16H19N5.HI/c17-16(18-11-13-7-4-10-19-21-13)20-15-9-3-6-12-5-1-2-8-14(12)15;/h3-4,6-7,9-10H,1-2,5,8,11H2,(H3,17,18,20);1H. The largest absolute Gasteiger partial charge is 0.370 e. The molecule has 1 aromatic heterocycles. The van der Waals surface area contributed by atoms with E-state index in [1.807, 2.05) is 12.1 Å². The van der Waals surface area contributed by atoms with E-state index in [0.717, 1.165) is 24.2 Å². The number of anilines is 1. The van der Waals surface area contributed by atoms with Gasteiger partial charge in [0.15, 0.2) is 5.96 Å². The molecule has 5 nitrogen and oxygen atoms in total. The third-order valence-corrected chi connectivity index (χ3v) is 3.70. The predicted molar refractivity (Wildman–Crippen MR) is 99.5 cm³/mol. The van der Waals surface area contributed by atoms with Crippen LogP contribution in [0.1, 0.15) is 29.7 Å². The molecular formula is C16H20IN5. The number of aliphatic imine (C=N–C) groups is 1. The molecule has 116 valence electrons. The molecular weight excluding hydrogens is 389 g/mol. The lowest BCUT2D eigenvalue weighted by molar-refractivity contribution is 0.687. The summed E-state index contributed by atoms with van der Waals surface area (Å²) in [5.74, 6) is 0.416. The van der Waals surface area contributed by atoms with Crippen LogP contribution in [0.15, 0.2) is 41.5 Å². The van der Waals surface area contributed by atoms with Gasteiger partial charge in [-0.2, -0.15) is 10.2 Å². The molecule has 0 unspecified atom stereocenters. The number of aryl methyl sites for hydroxylation is 1. The zero-order valence-electron chi connectivity index (χ0n) is 12.3. The fraction of sp³-hybridized carbons (Fsp3) is 0.312. The van der Waals surface area contributed by atoms with E-state index in [2.05, 4.69) is 38.7 Å². The molecule has 0 saturated carbocycles. The molecule has 6 heteroatoms. The van der Waals surface area contributed by atoms with Crippen LogP contribution in [-0.2, 0) is 19.4 Å². The molecule has 2 aromatic rings. The van der Waals surface area contributed by atoms with Gasteiger partial charge in [0.25, 0.3) is 0 Å². The molecule has 0 bridgehead atoms. The maximum Gasteiger partial charge on any atom is 0.193 e. The highest BCUT2D eigenvalue weighted by atomic mass is 127. The van der Waals surface area contributed by atoms with Crippen molar-refractivity contribution in [3.05, 3.63) is 53.3 Å². The maximum atomic E-state index is 5.98. The summed E-state index contributed by atoms with van der Waals surface area (Å²) in [7, 11) is 0. The van der Waals surface area contributed by atoms with Gasteiger partial charge in [-0.25, -0.2) is 4.99 Å². The summed E-state index contributed by atoms with van der Waals surface area (Å²) in [6.07, 6.45) is 6.41. The first-order chi connectivity index (χ1) is 10.3. The molecule has 0 spiro atoms. The van der Waals surface area contributed by atoms with Crippen molar-refractivity contribution in [1.29, 1.82) is 0 Å². The van der Waals surface area contributed by atoms with E-state index >= 15 is 0 Å². The van der Waals surface area contributed by atoms with Gasteiger partial charge in [0, 0.05) is 11.9 Å². The van der Waals surface area contributed by atoms with Crippen LogP contribution in [0, 0.1) is 0 Å². The Kier molecular flexibility index (Phi) is 6.11. The summed E-state index contributed by atoms with van der Waals surface area (Å²) in [5, 5.41) is 11.0. The molecule has 3 rings (SSSR count). The van der Waals surface area contributed by atoms with E-state index in [1.54, 1.807) is 6.20 Å². The van der Waals surface area contributed by atoms with Crippen LogP contribution in [0.4, 0.5) is 5.69 Å². The van der Waals surface area contributed by atoms with Crippen LogP contribution in [0.2, 0.25) is 0 Å². The Hall–Kier alpha value is -1.70. The molecule has 1 aromatic carbocycles. The third-order valence-electron chi connectivity index (χ3n) is 3.70. The number of rotatable bonds is 3. The summed E-state index contributed by atoms with van der Waals surface area (Å²) >= 11 is 0. The number of nitrogens with zero attached hydrogens (tertiary/aromatic N) is 3. The van der Waals surface area contributed by atoms with Crippen molar-refractivity contribution in [2.75, 3.05) is 5.32 Å². The number of fused-ring (bicyclic) bond motifs is 1. The average molecular weight is 409 g/mol. The Labute approximate surface area is 147 Å². The van der Waals surface area contributed by atoms with Crippen molar-refractivity contribution in [1.82, 2.24) is 10.2 Å². The summed E-state index contributed by atoms with van der Waals surface area (Å²) in [6, 6.07) is 10.1. The van der Waals surface area contributed by atoms with Gasteiger partial charge in [-0.3, -0.25) is 0 Å². The fourth-order valence-electron chi connectivity index (χ4n) is 2.66. The number of aromatic nitrogens is 2. The van der Waals surface area contributed by atoms with Crippen molar-refractivity contribution in [3.8, 4) is 0 Å². The van der Waals surface area contributed by atoms with Crippen LogP contribution in [0.25, 0.3) is 0 Å². The molecule has 22 heavy (non-hydrogen) atoms. The summed E-state index contributed by atoms with van der Waals surface area (Å²) in [4.78, 5) is 4.32. The van der Waals surface area contributed by atoms with Crippen LogP contribution in [0.3, 0.4) is 0 Å². The van der Waals surface area contributed by atoms with Gasteiger partial charge in [-0.05, 0) is 55.0 Å². The number of nitrogens with two attached hydrogens (primary N) is 1. The number of hydrogen-bond donors (Lipinski definition) is 2. The third kappa shape index (κ3) is 4.16. The molecule has 1 aliphatic rings. The number of guanidine groups is 1. The smallest absolute Gasteiger partial charge is 0.193 e. The Morgan fingerprint density at radius 2 is 2.05 bits per heavy atom. The lowest BCUT2D eigenvalue weighted by Gasteiger charge is -2.19. The Bertz CT molecular complexity index is 642. The fourth-order valence-corrected chi connectivity index (χ4v) is 2.66. The normalized spacial score (nSPS) is 13.9. The lowest BCUT2D eigenvalue weighted by Crippen LogP contribution is -2.24. The number of halogens is 1. The van der Waals surface area contributed by atoms with E-state index in [4.69, 9.17) is 5.73 Å². The van der Waals surface area contributed by atoms with Gasteiger partial charge >= 0.3 is 0 Å². The second-order valence-corrected chi connectivity index (χ2v) is 5.19. The maximum absolute atomic E-state index is 5.98. The van der Waals surface area contributed by atoms with Crippen LogP contribution < -0.4 is 11.1 Å². The second-order valence-electron chi connectivity index (χ2n) is 5.19. The minimum absolute atomic E-state index is 0. The first-order valence-electron chi connectivity index (χ1n) is 7.27. The van der Waals surface area contributed by atoms with Crippen LogP contribution in [0.5, 0.6) is 0 Å². The van der Waals surface area contributed by atoms with E-state index < -0.39 is 0 Å². The average Bonchev–Trinajstić information content (AvgIpc) is 2.54. The molecule has 0 fully saturated rings. The highest BCUT2D eigenvalue weighted by molar-refractivity contribution is 14.0. The van der Waals surface area contributed by atoms with Gasteiger partial charge in [0.05, 0.1) is 12.2 Å². The number of hydrogen-bond acceptors (Lipinski definition) is 3. The molecule has 0 saturated heterocycles. The Morgan fingerprint density at radius 1 is 1.18 bits per heavy atom. The molecule has 0 atom stereocenters. The minimum Gasteiger partial charge on any atom is -0.370 e. The SMILES string of the molecule is I.NC(=NCc1cccnn1)Nc1cccc2c1CCCC2. The van der Waals surface area contributed by atoms with E-state index in [1.165, 1.54) is 24.0 Å². The summed E-state index contributed by atoms with van der Waals surface area (Å²) in [6.45, 7) is 0.432. The first kappa shape index (κ1) is 16.7. The van der Waals surface area contributed by atoms with Gasteiger partial charge in [0.2, 0.25) is 0 Å². The van der Waals surface area contributed by atoms with Crippen molar-refractivity contribution in [2.24, 2.45) is 10.7 Å². The number of benzene rings is 1. The summed E-state index contributed by atoms with van der Waals surface area (Å²) in [5.41, 5.74) is 10.7. The van der Waals surface area contributed by atoms with Crippen molar-refractivity contribution in [2.45, 2.75) is 32.2 Å². The van der Waals surface area contributed by atoms with Crippen LogP contribution in [-0.4, -0.2) is 16.2 Å². The Morgan fingerprint density at radius 3 is 2.86 bits per heavy atom. The van der Waals surface area contributed by atoms with Crippen LogP contribution >= 0.6 is 24.0 Å². The first-order valence-corrected chi connectivity index (χ1v) is 7.27. The Balaban J connectivity index is 0.00000176. The zero-order valence-corrected chi connectivity index (χ0v) is 14.7. The quantitative estimate of drug-likeness (QED) is 0.465. The minimum atomic E-state index is 0.